The third kappa shape index (κ3) is 4.30. The monoisotopic (exact) mass is 300 g/mol. The highest BCUT2D eigenvalue weighted by atomic mass is 79.9. The molecule has 0 saturated heterocycles. The van der Waals surface area contributed by atoms with E-state index in [0.29, 0.717) is 13.1 Å². The van der Waals surface area contributed by atoms with E-state index >= 15 is 0 Å². The molecule has 0 heterocycles. The molecule has 0 aliphatic rings. The minimum absolute atomic E-state index is 0.170. The molecule has 0 saturated carbocycles. The molecule has 0 aliphatic heterocycles. The van der Waals surface area contributed by atoms with Crippen molar-refractivity contribution < 1.29 is 5.11 Å². The molecule has 0 spiro atoms. The number of rotatable bonds is 7. The van der Waals surface area contributed by atoms with Crippen molar-refractivity contribution in [2.24, 2.45) is 5.73 Å². The van der Waals surface area contributed by atoms with Crippen LogP contribution in [0.5, 0.6) is 0 Å². The smallest absolute Gasteiger partial charge is 0.0606 e. The molecule has 3 N–H and O–H groups in total. The highest BCUT2D eigenvalue weighted by molar-refractivity contribution is 9.10. The third-order valence-corrected chi connectivity index (χ3v) is 3.25. The second kappa shape index (κ2) is 7.69. The van der Waals surface area contributed by atoms with Crippen LogP contribution in [0.3, 0.4) is 0 Å². The van der Waals surface area contributed by atoms with E-state index in [4.69, 9.17) is 10.8 Å². The number of aliphatic hydroxyl groups is 1. The first kappa shape index (κ1) is 14.5. The fourth-order valence-corrected chi connectivity index (χ4v) is 2.26. The standard InChI is InChI=1S/C13H21BrN2O/c1-2-3-6-16(7-8-17)13-5-4-12(14)9-11(13)10-15/h4-5,9,17H,2-3,6-8,10,15H2,1H3. The van der Waals surface area contributed by atoms with E-state index in [2.05, 4.69) is 33.8 Å². The molecule has 0 fully saturated rings. The Hall–Kier alpha value is -0.580. The van der Waals surface area contributed by atoms with E-state index in [-0.39, 0.29) is 6.61 Å². The topological polar surface area (TPSA) is 49.5 Å². The summed E-state index contributed by atoms with van der Waals surface area (Å²) in [6, 6.07) is 6.13. The number of halogens is 1. The molecular weight excluding hydrogens is 280 g/mol. The van der Waals surface area contributed by atoms with Crippen LogP contribution in [0.4, 0.5) is 5.69 Å². The fourth-order valence-electron chi connectivity index (χ4n) is 1.85. The molecule has 1 rings (SSSR count). The Bertz CT molecular complexity index is 344. The Labute approximate surface area is 112 Å². The third-order valence-electron chi connectivity index (χ3n) is 2.75. The molecule has 1 aromatic carbocycles. The van der Waals surface area contributed by atoms with Crippen molar-refractivity contribution in [3.05, 3.63) is 28.2 Å². The van der Waals surface area contributed by atoms with Gasteiger partial charge in [0.1, 0.15) is 0 Å². The lowest BCUT2D eigenvalue weighted by atomic mass is 10.1. The lowest BCUT2D eigenvalue weighted by Gasteiger charge is -2.26. The van der Waals surface area contributed by atoms with E-state index in [1.165, 1.54) is 0 Å². The summed E-state index contributed by atoms with van der Waals surface area (Å²) in [6.07, 6.45) is 2.27. The van der Waals surface area contributed by atoms with Gasteiger partial charge >= 0.3 is 0 Å². The Morgan fingerprint density at radius 3 is 2.71 bits per heavy atom. The van der Waals surface area contributed by atoms with Gasteiger partial charge in [-0.3, -0.25) is 0 Å². The molecule has 0 aliphatic carbocycles. The molecule has 4 heteroatoms. The van der Waals surface area contributed by atoms with Gasteiger partial charge in [-0.05, 0) is 30.2 Å². The van der Waals surface area contributed by atoms with E-state index in [1.54, 1.807) is 0 Å². The number of nitrogens with two attached hydrogens (primary N) is 1. The van der Waals surface area contributed by atoms with Crippen molar-refractivity contribution in [1.29, 1.82) is 0 Å². The zero-order valence-corrected chi connectivity index (χ0v) is 11.9. The second-order valence-corrected chi connectivity index (χ2v) is 4.96. The first-order valence-electron chi connectivity index (χ1n) is 6.07. The van der Waals surface area contributed by atoms with Crippen molar-refractivity contribution >= 4 is 21.6 Å². The van der Waals surface area contributed by atoms with Crippen molar-refractivity contribution in [1.82, 2.24) is 0 Å². The van der Waals surface area contributed by atoms with Crippen molar-refractivity contribution in [3.63, 3.8) is 0 Å². The molecule has 0 aromatic heterocycles. The molecular formula is C13H21BrN2O. The summed E-state index contributed by atoms with van der Waals surface area (Å²) in [6.45, 7) is 4.48. The first-order chi connectivity index (χ1) is 8.22. The SMILES string of the molecule is CCCCN(CCO)c1ccc(Br)cc1CN. The van der Waals surface area contributed by atoms with Gasteiger partial charge in [0.2, 0.25) is 0 Å². The van der Waals surface area contributed by atoms with Gasteiger partial charge in [0.15, 0.2) is 0 Å². The van der Waals surface area contributed by atoms with Gasteiger partial charge in [0.05, 0.1) is 6.61 Å². The Morgan fingerprint density at radius 2 is 2.12 bits per heavy atom. The predicted octanol–water partition coefficient (Wildman–Crippen LogP) is 2.51. The quantitative estimate of drug-likeness (QED) is 0.813. The van der Waals surface area contributed by atoms with Gasteiger partial charge in [-0.25, -0.2) is 0 Å². The van der Waals surface area contributed by atoms with Crippen LogP contribution >= 0.6 is 15.9 Å². The highest BCUT2D eigenvalue weighted by Gasteiger charge is 2.10. The Morgan fingerprint density at radius 1 is 1.35 bits per heavy atom. The van der Waals surface area contributed by atoms with Crippen LogP contribution in [0.15, 0.2) is 22.7 Å². The number of hydrogen-bond donors (Lipinski definition) is 2. The zero-order valence-electron chi connectivity index (χ0n) is 10.3. The van der Waals surface area contributed by atoms with E-state index in [9.17, 15) is 0 Å². The van der Waals surface area contributed by atoms with Crippen LogP contribution in [0.1, 0.15) is 25.3 Å². The van der Waals surface area contributed by atoms with E-state index in [1.807, 2.05) is 12.1 Å². The van der Waals surface area contributed by atoms with Gasteiger partial charge in [-0.1, -0.05) is 29.3 Å². The lowest BCUT2D eigenvalue weighted by Crippen LogP contribution is -2.29. The van der Waals surface area contributed by atoms with Crippen LogP contribution in [0.25, 0.3) is 0 Å². The molecule has 3 nitrogen and oxygen atoms in total. The van der Waals surface area contributed by atoms with Gasteiger partial charge < -0.3 is 15.7 Å². The molecule has 0 radical (unpaired) electrons. The first-order valence-corrected chi connectivity index (χ1v) is 6.86. The van der Waals surface area contributed by atoms with Gasteiger partial charge in [0, 0.05) is 29.8 Å². The predicted molar refractivity (Wildman–Crippen MR) is 76.2 cm³/mol. The molecule has 0 atom stereocenters. The Balaban J connectivity index is 2.91. The minimum Gasteiger partial charge on any atom is -0.395 e. The number of benzene rings is 1. The maximum Gasteiger partial charge on any atom is 0.0606 e. The van der Waals surface area contributed by atoms with Gasteiger partial charge in [0.25, 0.3) is 0 Å². The number of hydrogen-bond acceptors (Lipinski definition) is 3. The molecule has 0 bridgehead atoms. The normalized spacial score (nSPS) is 10.6. The van der Waals surface area contributed by atoms with Crippen LogP contribution in [0.2, 0.25) is 0 Å². The molecule has 0 amide bonds. The number of anilines is 1. The van der Waals surface area contributed by atoms with Gasteiger partial charge in [-0.2, -0.15) is 0 Å². The molecule has 1 aromatic rings. The van der Waals surface area contributed by atoms with Crippen LogP contribution in [-0.4, -0.2) is 24.8 Å². The summed E-state index contributed by atoms with van der Waals surface area (Å²) in [5, 5.41) is 9.13. The summed E-state index contributed by atoms with van der Waals surface area (Å²) in [4.78, 5) is 2.21. The lowest BCUT2D eigenvalue weighted by molar-refractivity contribution is 0.301. The average molecular weight is 301 g/mol. The minimum atomic E-state index is 0.170. The number of aliphatic hydroxyl groups excluding tert-OH is 1. The summed E-state index contributed by atoms with van der Waals surface area (Å²) < 4.78 is 1.04. The van der Waals surface area contributed by atoms with Crippen molar-refractivity contribution in [3.8, 4) is 0 Å². The van der Waals surface area contributed by atoms with Crippen molar-refractivity contribution in [2.45, 2.75) is 26.3 Å². The zero-order chi connectivity index (χ0) is 12.7. The van der Waals surface area contributed by atoms with Crippen LogP contribution < -0.4 is 10.6 Å². The largest absolute Gasteiger partial charge is 0.395 e. The number of nitrogens with zero attached hydrogens (tertiary/aromatic N) is 1. The Kier molecular flexibility index (Phi) is 6.55. The van der Waals surface area contributed by atoms with E-state index < -0.39 is 0 Å². The van der Waals surface area contributed by atoms with Crippen LogP contribution in [-0.2, 0) is 6.54 Å². The summed E-state index contributed by atoms with van der Waals surface area (Å²) in [5.41, 5.74) is 8.02. The summed E-state index contributed by atoms with van der Waals surface area (Å²) in [7, 11) is 0. The average Bonchev–Trinajstić information content (AvgIpc) is 2.34. The summed E-state index contributed by atoms with van der Waals surface area (Å²) in [5.74, 6) is 0. The number of unbranched alkanes of at least 4 members (excludes halogenated alkanes) is 1. The van der Waals surface area contributed by atoms with Gasteiger partial charge in [-0.15, -0.1) is 0 Å². The molecule has 96 valence electrons. The highest BCUT2D eigenvalue weighted by Crippen LogP contribution is 2.24. The maximum atomic E-state index is 9.13. The maximum absolute atomic E-state index is 9.13. The summed E-state index contributed by atoms with van der Waals surface area (Å²) >= 11 is 3.45. The van der Waals surface area contributed by atoms with E-state index in [0.717, 1.165) is 35.1 Å². The van der Waals surface area contributed by atoms with Crippen molar-refractivity contribution in [2.75, 3.05) is 24.6 Å². The molecule has 17 heavy (non-hydrogen) atoms. The van der Waals surface area contributed by atoms with Crippen LogP contribution in [0, 0.1) is 0 Å². The molecule has 0 unspecified atom stereocenters. The second-order valence-electron chi connectivity index (χ2n) is 4.04. The fraction of sp³-hybridized carbons (Fsp3) is 0.538.